The largest absolute Gasteiger partial charge is 0.349 e. The molecule has 2 N–H and O–H groups in total. The SMILES string of the molecule is CC(C)C(=O)N1CCC(NC(=O)c2ccc(=O)[nH]c2)CC1. The van der Waals surface area contributed by atoms with Crippen molar-refractivity contribution in [1.29, 1.82) is 0 Å². The Morgan fingerprint density at radius 3 is 2.48 bits per heavy atom. The number of likely N-dealkylation sites (tertiary alicyclic amines) is 1. The Bertz CT molecular complexity index is 551. The normalized spacial score (nSPS) is 16.0. The van der Waals surface area contributed by atoms with E-state index in [-0.39, 0.29) is 29.3 Å². The standard InChI is InChI=1S/C15H21N3O3/c1-10(2)15(21)18-7-5-12(6-8-18)17-14(20)11-3-4-13(19)16-9-11/h3-4,9-10,12H,5-8H2,1-2H3,(H,16,19)(H,17,20). The number of amides is 2. The first kappa shape index (κ1) is 15.3. The molecule has 0 radical (unpaired) electrons. The minimum atomic E-state index is -0.230. The van der Waals surface area contributed by atoms with Gasteiger partial charge in [0, 0.05) is 37.3 Å². The molecular weight excluding hydrogens is 270 g/mol. The van der Waals surface area contributed by atoms with Gasteiger partial charge in [-0.05, 0) is 18.9 Å². The van der Waals surface area contributed by atoms with E-state index in [4.69, 9.17) is 0 Å². The number of nitrogens with one attached hydrogen (secondary N) is 2. The number of piperidine rings is 1. The summed E-state index contributed by atoms with van der Waals surface area (Å²) in [4.78, 5) is 39.2. The molecule has 0 bridgehead atoms. The van der Waals surface area contributed by atoms with Gasteiger partial charge in [0.2, 0.25) is 11.5 Å². The van der Waals surface area contributed by atoms with E-state index >= 15 is 0 Å². The number of carbonyl (C=O) groups excluding carboxylic acids is 2. The lowest BCUT2D eigenvalue weighted by molar-refractivity contribution is -0.135. The van der Waals surface area contributed by atoms with Crippen molar-refractivity contribution in [1.82, 2.24) is 15.2 Å². The van der Waals surface area contributed by atoms with Crippen molar-refractivity contribution in [3.8, 4) is 0 Å². The Hall–Kier alpha value is -2.11. The predicted octanol–water partition coefficient (Wildman–Crippen LogP) is 0.752. The van der Waals surface area contributed by atoms with Gasteiger partial charge in [-0.2, -0.15) is 0 Å². The van der Waals surface area contributed by atoms with E-state index in [1.54, 1.807) is 0 Å². The molecule has 0 aromatic carbocycles. The third-order valence-electron chi connectivity index (χ3n) is 3.68. The molecule has 1 saturated heterocycles. The van der Waals surface area contributed by atoms with Crippen molar-refractivity contribution in [3.63, 3.8) is 0 Å². The van der Waals surface area contributed by atoms with Crippen LogP contribution >= 0.6 is 0 Å². The molecule has 1 fully saturated rings. The van der Waals surface area contributed by atoms with Gasteiger partial charge in [-0.25, -0.2) is 0 Å². The van der Waals surface area contributed by atoms with Gasteiger partial charge < -0.3 is 15.2 Å². The number of aromatic amines is 1. The maximum atomic E-state index is 12.0. The number of nitrogens with zero attached hydrogens (tertiary/aromatic N) is 1. The van der Waals surface area contributed by atoms with Crippen molar-refractivity contribution < 1.29 is 9.59 Å². The molecule has 1 aromatic heterocycles. The fraction of sp³-hybridized carbons (Fsp3) is 0.533. The number of hydrogen-bond acceptors (Lipinski definition) is 3. The van der Waals surface area contributed by atoms with Crippen LogP contribution in [0.2, 0.25) is 0 Å². The lowest BCUT2D eigenvalue weighted by Crippen LogP contribution is -2.47. The smallest absolute Gasteiger partial charge is 0.252 e. The summed E-state index contributed by atoms with van der Waals surface area (Å²) in [5, 5.41) is 2.94. The monoisotopic (exact) mass is 291 g/mol. The molecule has 21 heavy (non-hydrogen) atoms. The van der Waals surface area contributed by atoms with Gasteiger partial charge in [0.05, 0.1) is 5.56 Å². The lowest BCUT2D eigenvalue weighted by Gasteiger charge is -2.33. The Morgan fingerprint density at radius 1 is 1.29 bits per heavy atom. The average molecular weight is 291 g/mol. The first-order chi connectivity index (χ1) is 9.97. The van der Waals surface area contributed by atoms with Crippen LogP contribution in [-0.2, 0) is 4.79 Å². The highest BCUT2D eigenvalue weighted by molar-refractivity contribution is 5.94. The Labute approximate surface area is 123 Å². The van der Waals surface area contributed by atoms with Gasteiger partial charge in [-0.15, -0.1) is 0 Å². The summed E-state index contributed by atoms with van der Waals surface area (Å²) in [7, 11) is 0. The number of hydrogen-bond donors (Lipinski definition) is 2. The predicted molar refractivity (Wildman–Crippen MR) is 79.0 cm³/mol. The van der Waals surface area contributed by atoms with E-state index in [1.807, 2.05) is 18.7 Å². The quantitative estimate of drug-likeness (QED) is 0.862. The molecule has 1 aromatic rings. The molecule has 6 heteroatoms. The molecule has 2 rings (SSSR count). The molecule has 1 aliphatic rings. The van der Waals surface area contributed by atoms with Crippen LogP contribution < -0.4 is 10.9 Å². The molecule has 0 aliphatic carbocycles. The summed E-state index contributed by atoms with van der Waals surface area (Å²) >= 11 is 0. The third-order valence-corrected chi connectivity index (χ3v) is 3.68. The number of aromatic nitrogens is 1. The van der Waals surface area contributed by atoms with Crippen LogP contribution in [0.4, 0.5) is 0 Å². The van der Waals surface area contributed by atoms with Gasteiger partial charge in [0.1, 0.15) is 0 Å². The molecule has 1 aliphatic heterocycles. The van der Waals surface area contributed by atoms with Crippen LogP contribution in [-0.4, -0.2) is 40.8 Å². The van der Waals surface area contributed by atoms with Crippen LogP contribution in [0.5, 0.6) is 0 Å². The van der Waals surface area contributed by atoms with Crippen molar-refractivity contribution >= 4 is 11.8 Å². The van der Waals surface area contributed by atoms with E-state index in [9.17, 15) is 14.4 Å². The second-order valence-electron chi connectivity index (χ2n) is 5.67. The van der Waals surface area contributed by atoms with E-state index in [1.165, 1.54) is 18.3 Å². The molecule has 0 atom stereocenters. The number of pyridine rings is 1. The zero-order valence-electron chi connectivity index (χ0n) is 12.4. The molecular formula is C15H21N3O3. The summed E-state index contributed by atoms with van der Waals surface area (Å²) in [5.41, 5.74) is 0.211. The third kappa shape index (κ3) is 3.93. The molecule has 0 spiro atoms. The number of carbonyl (C=O) groups is 2. The molecule has 2 amide bonds. The second-order valence-corrected chi connectivity index (χ2v) is 5.67. The van der Waals surface area contributed by atoms with Crippen LogP contribution in [0.25, 0.3) is 0 Å². The second kappa shape index (κ2) is 6.56. The van der Waals surface area contributed by atoms with E-state index < -0.39 is 0 Å². The summed E-state index contributed by atoms with van der Waals surface area (Å²) in [6.45, 7) is 5.14. The first-order valence-electron chi connectivity index (χ1n) is 7.26. The van der Waals surface area contributed by atoms with Crippen LogP contribution in [0.1, 0.15) is 37.0 Å². The fourth-order valence-electron chi connectivity index (χ4n) is 2.43. The zero-order valence-corrected chi connectivity index (χ0v) is 12.4. The summed E-state index contributed by atoms with van der Waals surface area (Å²) in [5.74, 6) is -0.0161. The molecule has 0 saturated carbocycles. The lowest BCUT2D eigenvalue weighted by atomic mass is 10.0. The van der Waals surface area contributed by atoms with E-state index in [0.717, 1.165) is 12.8 Å². The highest BCUT2D eigenvalue weighted by Gasteiger charge is 2.25. The number of H-pyrrole nitrogens is 1. The topological polar surface area (TPSA) is 82.3 Å². The van der Waals surface area contributed by atoms with Crippen LogP contribution in [0.15, 0.2) is 23.1 Å². The maximum absolute atomic E-state index is 12.0. The number of rotatable bonds is 3. The zero-order chi connectivity index (χ0) is 15.4. The molecule has 6 nitrogen and oxygen atoms in total. The van der Waals surface area contributed by atoms with E-state index in [2.05, 4.69) is 10.3 Å². The van der Waals surface area contributed by atoms with Gasteiger partial charge in [-0.1, -0.05) is 13.8 Å². The highest BCUT2D eigenvalue weighted by Crippen LogP contribution is 2.13. The highest BCUT2D eigenvalue weighted by atomic mass is 16.2. The minimum Gasteiger partial charge on any atom is -0.349 e. The van der Waals surface area contributed by atoms with E-state index in [0.29, 0.717) is 18.7 Å². The average Bonchev–Trinajstić information content (AvgIpc) is 2.47. The van der Waals surface area contributed by atoms with Crippen LogP contribution in [0.3, 0.4) is 0 Å². The summed E-state index contributed by atoms with van der Waals surface area (Å²) in [6, 6.07) is 2.91. The first-order valence-corrected chi connectivity index (χ1v) is 7.26. The summed E-state index contributed by atoms with van der Waals surface area (Å²) < 4.78 is 0. The van der Waals surface area contributed by atoms with Crippen molar-refractivity contribution in [3.05, 3.63) is 34.2 Å². The minimum absolute atomic E-state index is 0.0114. The van der Waals surface area contributed by atoms with Crippen molar-refractivity contribution in [2.24, 2.45) is 5.92 Å². The van der Waals surface area contributed by atoms with Crippen LogP contribution in [0, 0.1) is 5.92 Å². The van der Waals surface area contributed by atoms with Gasteiger partial charge >= 0.3 is 0 Å². The molecule has 0 unspecified atom stereocenters. The summed E-state index contributed by atoms with van der Waals surface area (Å²) in [6.07, 6.45) is 2.93. The van der Waals surface area contributed by atoms with Gasteiger partial charge in [0.15, 0.2) is 0 Å². The maximum Gasteiger partial charge on any atom is 0.252 e. The Balaban J connectivity index is 1.86. The molecule has 114 valence electrons. The van der Waals surface area contributed by atoms with Gasteiger partial charge in [0.25, 0.3) is 5.91 Å². The Morgan fingerprint density at radius 2 is 1.95 bits per heavy atom. The van der Waals surface area contributed by atoms with Gasteiger partial charge in [-0.3, -0.25) is 14.4 Å². The molecule has 2 heterocycles. The van der Waals surface area contributed by atoms with Crippen molar-refractivity contribution in [2.45, 2.75) is 32.7 Å². The van der Waals surface area contributed by atoms with Crippen molar-refractivity contribution in [2.75, 3.05) is 13.1 Å². The Kier molecular flexibility index (Phi) is 4.77. The fourth-order valence-corrected chi connectivity index (χ4v) is 2.43.